The van der Waals surface area contributed by atoms with Crippen LogP contribution in [0.1, 0.15) is 49.8 Å². The summed E-state index contributed by atoms with van der Waals surface area (Å²) in [5, 5.41) is 8.56. The minimum absolute atomic E-state index is 0.455. The third kappa shape index (κ3) is 2.37. The molecule has 0 aromatic carbocycles. The first-order chi connectivity index (χ1) is 9.90. The summed E-state index contributed by atoms with van der Waals surface area (Å²) in [7, 11) is 1.91. The number of hydrogen-bond donors (Lipinski definition) is 1. The largest absolute Gasteiger partial charge is 0.334 e. The number of aryl methyl sites for hydroxylation is 2. The van der Waals surface area contributed by atoms with Crippen molar-refractivity contribution < 1.29 is 4.52 Å². The van der Waals surface area contributed by atoms with Gasteiger partial charge < -0.3 is 10.3 Å². The summed E-state index contributed by atoms with van der Waals surface area (Å²) in [6.45, 7) is 6.18. The van der Waals surface area contributed by atoms with Gasteiger partial charge in [-0.1, -0.05) is 24.9 Å². The molecule has 1 fully saturated rings. The molecule has 114 valence electrons. The van der Waals surface area contributed by atoms with E-state index in [9.17, 15) is 0 Å². The maximum absolute atomic E-state index is 6.54. The second-order valence-electron chi connectivity index (χ2n) is 6.45. The van der Waals surface area contributed by atoms with Crippen LogP contribution in [0.4, 0.5) is 0 Å². The highest BCUT2D eigenvalue weighted by Crippen LogP contribution is 2.37. The Morgan fingerprint density at radius 1 is 1.38 bits per heavy atom. The van der Waals surface area contributed by atoms with Gasteiger partial charge in [-0.05, 0) is 32.6 Å². The van der Waals surface area contributed by atoms with Crippen molar-refractivity contribution in [3.63, 3.8) is 0 Å². The number of nitrogens with two attached hydrogens (primary N) is 1. The summed E-state index contributed by atoms with van der Waals surface area (Å²) < 4.78 is 7.31. The van der Waals surface area contributed by atoms with Crippen LogP contribution >= 0.6 is 0 Å². The van der Waals surface area contributed by atoms with Gasteiger partial charge >= 0.3 is 0 Å². The molecule has 6 heteroatoms. The van der Waals surface area contributed by atoms with Crippen molar-refractivity contribution in [2.75, 3.05) is 0 Å². The predicted molar refractivity (Wildman–Crippen MR) is 79.5 cm³/mol. The molecule has 0 radical (unpaired) electrons. The molecule has 2 aromatic heterocycles. The van der Waals surface area contributed by atoms with E-state index >= 15 is 0 Å². The predicted octanol–water partition coefficient (Wildman–Crippen LogP) is 2.45. The minimum atomic E-state index is -0.455. The molecule has 0 aliphatic heterocycles. The Labute approximate surface area is 124 Å². The molecular formula is C15H23N5O. The third-order valence-electron chi connectivity index (χ3n) is 4.63. The molecule has 2 atom stereocenters. The zero-order valence-corrected chi connectivity index (χ0v) is 13.2. The molecule has 0 spiro atoms. The molecular weight excluding hydrogens is 266 g/mol. The first-order valence-corrected chi connectivity index (χ1v) is 7.54. The second-order valence-corrected chi connectivity index (χ2v) is 6.45. The number of hydrogen-bond acceptors (Lipinski definition) is 5. The van der Waals surface area contributed by atoms with Crippen molar-refractivity contribution in [3.05, 3.63) is 17.2 Å². The van der Waals surface area contributed by atoms with E-state index in [0.29, 0.717) is 17.6 Å². The molecule has 6 nitrogen and oxygen atoms in total. The molecule has 3 rings (SSSR count). The van der Waals surface area contributed by atoms with E-state index in [2.05, 4.69) is 22.2 Å². The molecule has 2 unspecified atom stereocenters. The number of nitrogens with zero attached hydrogens (tertiary/aromatic N) is 4. The average Bonchev–Trinajstić information content (AvgIpc) is 2.96. The molecule has 2 heterocycles. The molecule has 0 bridgehead atoms. The van der Waals surface area contributed by atoms with Crippen LogP contribution in [-0.2, 0) is 12.6 Å². The van der Waals surface area contributed by atoms with Crippen LogP contribution in [0, 0.1) is 19.8 Å². The van der Waals surface area contributed by atoms with E-state index in [-0.39, 0.29) is 0 Å². The summed E-state index contributed by atoms with van der Waals surface area (Å²) in [6, 6.07) is 0. The molecule has 0 amide bonds. The van der Waals surface area contributed by atoms with E-state index in [4.69, 9.17) is 10.3 Å². The number of rotatable bonds is 2. The van der Waals surface area contributed by atoms with Crippen LogP contribution in [0.3, 0.4) is 0 Å². The summed E-state index contributed by atoms with van der Waals surface area (Å²) in [5.41, 5.74) is 8.92. The van der Waals surface area contributed by atoms with Gasteiger partial charge in [0.15, 0.2) is 5.82 Å². The maximum Gasteiger partial charge on any atom is 0.261 e. The third-order valence-corrected chi connectivity index (χ3v) is 4.63. The summed E-state index contributed by atoms with van der Waals surface area (Å²) >= 11 is 0. The zero-order valence-electron chi connectivity index (χ0n) is 13.2. The molecule has 1 aliphatic rings. The summed E-state index contributed by atoms with van der Waals surface area (Å²) in [4.78, 5) is 4.59. The van der Waals surface area contributed by atoms with Gasteiger partial charge in [-0.3, -0.25) is 4.68 Å². The van der Waals surface area contributed by atoms with Crippen LogP contribution in [-0.4, -0.2) is 19.9 Å². The fourth-order valence-electron chi connectivity index (χ4n) is 3.41. The lowest BCUT2D eigenvalue weighted by atomic mass is 9.76. The molecule has 1 aliphatic carbocycles. The van der Waals surface area contributed by atoms with Crippen LogP contribution in [0.15, 0.2) is 4.52 Å². The topological polar surface area (TPSA) is 82.8 Å². The summed E-state index contributed by atoms with van der Waals surface area (Å²) in [5.74, 6) is 1.76. The van der Waals surface area contributed by atoms with Crippen molar-refractivity contribution in [1.82, 2.24) is 19.9 Å². The first kappa shape index (κ1) is 14.3. The van der Waals surface area contributed by atoms with Crippen LogP contribution in [0.2, 0.25) is 0 Å². The van der Waals surface area contributed by atoms with Gasteiger partial charge in [0.25, 0.3) is 5.89 Å². The Balaban J connectivity index is 1.96. The van der Waals surface area contributed by atoms with Gasteiger partial charge in [-0.25, -0.2) is 0 Å². The Bertz CT molecular complexity index is 659. The van der Waals surface area contributed by atoms with Gasteiger partial charge in [-0.15, -0.1) is 0 Å². The first-order valence-electron chi connectivity index (χ1n) is 7.54. The zero-order chi connectivity index (χ0) is 15.2. The number of aromatic nitrogens is 4. The Kier molecular flexibility index (Phi) is 3.36. The van der Waals surface area contributed by atoms with Crippen LogP contribution < -0.4 is 5.73 Å². The molecule has 1 saturated carbocycles. The van der Waals surface area contributed by atoms with E-state index in [1.54, 1.807) is 0 Å². The molecule has 0 saturated heterocycles. The maximum atomic E-state index is 6.54. The Hall–Kier alpha value is -1.69. The van der Waals surface area contributed by atoms with Crippen LogP contribution in [0.5, 0.6) is 0 Å². The van der Waals surface area contributed by atoms with E-state index in [0.717, 1.165) is 36.2 Å². The van der Waals surface area contributed by atoms with Crippen molar-refractivity contribution in [2.45, 2.75) is 52.0 Å². The highest BCUT2D eigenvalue weighted by molar-refractivity contribution is 5.59. The lowest BCUT2D eigenvalue weighted by Crippen LogP contribution is -2.42. The van der Waals surface area contributed by atoms with Crippen molar-refractivity contribution in [3.8, 4) is 11.5 Å². The smallest absolute Gasteiger partial charge is 0.261 e. The average molecular weight is 289 g/mol. The highest BCUT2D eigenvalue weighted by Gasteiger charge is 2.37. The standard InChI is InChI=1S/C15H23N5O/c1-9-6-5-7-15(16,8-9)14-17-13(21-19-14)12-10(2)18-20(4)11(12)3/h9H,5-8,16H2,1-4H3. The fourth-order valence-corrected chi connectivity index (χ4v) is 3.41. The van der Waals surface area contributed by atoms with E-state index < -0.39 is 5.54 Å². The molecule has 2 N–H and O–H groups in total. The highest BCUT2D eigenvalue weighted by atomic mass is 16.5. The fraction of sp³-hybridized carbons (Fsp3) is 0.667. The quantitative estimate of drug-likeness (QED) is 0.918. The van der Waals surface area contributed by atoms with Gasteiger partial charge in [0.2, 0.25) is 0 Å². The Morgan fingerprint density at radius 2 is 2.14 bits per heavy atom. The SMILES string of the molecule is Cc1nn(C)c(C)c1-c1nc(C2(N)CCCC(C)C2)no1. The molecule has 21 heavy (non-hydrogen) atoms. The van der Waals surface area contributed by atoms with Gasteiger partial charge in [0.05, 0.1) is 16.8 Å². The van der Waals surface area contributed by atoms with Gasteiger partial charge in [0.1, 0.15) is 0 Å². The lowest BCUT2D eigenvalue weighted by Gasteiger charge is -2.33. The van der Waals surface area contributed by atoms with Crippen molar-refractivity contribution in [1.29, 1.82) is 0 Å². The minimum Gasteiger partial charge on any atom is -0.334 e. The van der Waals surface area contributed by atoms with Crippen LogP contribution in [0.25, 0.3) is 11.5 Å². The van der Waals surface area contributed by atoms with E-state index in [1.807, 2.05) is 25.6 Å². The monoisotopic (exact) mass is 289 g/mol. The summed E-state index contributed by atoms with van der Waals surface area (Å²) in [6.07, 6.45) is 4.18. The molecule has 2 aromatic rings. The van der Waals surface area contributed by atoms with E-state index in [1.165, 1.54) is 6.42 Å². The van der Waals surface area contributed by atoms with Crippen molar-refractivity contribution >= 4 is 0 Å². The van der Waals surface area contributed by atoms with Crippen molar-refractivity contribution in [2.24, 2.45) is 18.7 Å². The Morgan fingerprint density at radius 3 is 2.76 bits per heavy atom. The second kappa shape index (κ2) is 4.94. The normalized spacial score (nSPS) is 26.2. The van der Waals surface area contributed by atoms with Gasteiger partial charge in [-0.2, -0.15) is 10.1 Å². The van der Waals surface area contributed by atoms with Gasteiger partial charge in [0, 0.05) is 12.7 Å². The lowest BCUT2D eigenvalue weighted by molar-refractivity contribution is 0.222.